The van der Waals surface area contributed by atoms with Crippen LogP contribution < -0.4 is 5.32 Å². The Labute approximate surface area is 115 Å². The van der Waals surface area contributed by atoms with Crippen molar-refractivity contribution in [2.24, 2.45) is 5.41 Å². The highest BCUT2D eigenvalue weighted by molar-refractivity contribution is 9.10. The van der Waals surface area contributed by atoms with Crippen LogP contribution in [0.3, 0.4) is 0 Å². The lowest BCUT2D eigenvalue weighted by Gasteiger charge is -2.22. The Bertz CT molecular complexity index is 381. The van der Waals surface area contributed by atoms with Gasteiger partial charge in [0.15, 0.2) is 0 Å². The predicted octanol–water partition coefficient (Wildman–Crippen LogP) is 3.10. The SMILES string of the molecule is CC(C)(C)CC(O)CNc1ncnc(Cl)c1Br. The van der Waals surface area contributed by atoms with Gasteiger partial charge >= 0.3 is 0 Å². The Kier molecular flexibility index (Phi) is 5.16. The first-order valence-electron chi connectivity index (χ1n) is 5.37. The molecule has 0 spiro atoms. The lowest BCUT2D eigenvalue weighted by atomic mass is 9.89. The van der Waals surface area contributed by atoms with Gasteiger partial charge in [0.05, 0.1) is 10.6 Å². The zero-order valence-corrected chi connectivity index (χ0v) is 12.5. The van der Waals surface area contributed by atoms with E-state index in [2.05, 4.69) is 52.0 Å². The maximum Gasteiger partial charge on any atom is 0.148 e. The molecule has 0 aromatic carbocycles. The van der Waals surface area contributed by atoms with Crippen LogP contribution in [0.1, 0.15) is 27.2 Å². The molecule has 17 heavy (non-hydrogen) atoms. The number of anilines is 1. The number of halogens is 2. The summed E-state index contributed by atoms with van der Waals surface area (Å²) in [6, 6.07) is 0. The van der Waals surface area contributed by atoms with Gasteiger partial charge in [0.2, 0.25) is 0 Å². The summed E-state index contributed by atoms with van der Waals surface area (Å²) in [5.74, 6) is 0.595. The van der Waals surface area contributed by atoms with E-state index in [-0.39, 0.29) is 5.41 Å². The van der Waals surface area contributed by atoms with Crippen LogP contribution in [0.4, 0.5) is 5.82 Å². The number of aromatic nitrogens is 2. The Morgan fingerprint density at radius 3 is 2.71 bits per heavy atom. The number of aliphatic hydroxyl groups excluding tert-OH is 1. The van der Waals surface area contributed by atoms with Crippen LogP contribution in [0, 0.1) is 5.41 Å². The highest BCUT2D eigenvalue weighted by Gasteiger charge is 2.17. The minimum absolute atomic E-state index is 0.0989. The van der Waals surface area contributed by atoms with Crippen molar-refractivity contribution in [1.29, 1.82) is 0 Å². The summed E-state index contributed by atoms with van der Waals surface area (Å²) in [6.07, 6.45) is 1.68. The van der Waals surface area contributed by atoms with E-state index in [0.29, 0.717) is 22.0 Å². The summed E-state index contributed by atoms with van der Waals surface area (Å²) >= 11 is 9.13. The van der Waals surface area contributed by atoms with Gasteiger partial charge in [-0.05, 0) is 27.8 Å². The molecule has 0 saturated heterocycles. The minimum atomic E-state index is -0.421. The fraction of sp³-hybridized carbons (Fsp3) is 0.636. The quantitative estimate of drug-likeness (QED) is 0.836. The zero-order valence-electron chi connectivity index (χ0n) is 10.2. The fourth-order valence-electron chi connectivity index (χ4n) is 1.47. The molecule has 0 aliphatic heterocycles. The maximum atomic E-state index is 9.85. The first-order chi connectivity index (χ1) is 7.79. The Morgan fingerprint density at radius 1 is 1.47 bits per heavy atom. The van der Waals surface area contributed by atoms with Crippen LogP contribution in [0.15, 0.2) is 10.8 Å². The number of nitrogens with one attached hydrogen (secondary N) is 1. The molecule has 0 amide bonds. The van der Waals surface area contributed by atoms with Gasteiger partial charge in [0, 0.05) is 6.54 Å². The van der Waals surface area contributed by atoms with Crippen molar-refractivity contribution in [3.63, 3.8) is 0 Å². The summed E-state index contributed by atoms with van der Waals surface area (Å²) in [5, 5.41) is 13.3. The number of hydrogen-bond acceptors (Lipinski definition) is 4. The van der Waals surface area contributed by atoms with Crippen LogP contribution in [0.25, 0.3) is 0 Å². The smallest absolute Gasteiger partial charge is 0.148 e. The van der Waals surface area contributed by atoms with Gasteiger partial charge < -0.3 is 10.4 Å². The van der Waals surface area contributed by atoms with Crippen LogP contribution >= 0.6 is 27.5 Å². The summed E-state index contributed by atoms with van der Waals surface area (Å²) in [4.78, 5) is 7.87. The van der Waals surface area contributed by atoms with Crippen LogP contribution in [-0.2, 0) is 0 Å². The molecule has 96 valence electrons. The Hall–Kier alpha value is -0.390. The van der Waals surface area contributed by atoms with Crippen molar-refractivity contribution in [3.05, 3.63) is 16.0 Å². The van der Waals surface area contributed by atoms with Gasteiger partial charge in [-0.2, -0.15) is 0 Å². The van der Waals surface area contributed by atoms with Crippen molar-refractivity contribution in [2.45, 2.75) is 33.3 Å². The van der Waals surface area contributed by atoms with Crippen molar-refractivity contribution in [1.82, 2.24) is 9.97 Å². The van der Waals surface area contributed by atoms with E-state index in [1.54, 1.807) is 0 Å². The standard InChI is InChI=1S/C11H17BrClN3O/c1-11(2,3)4-7(17)5-14-10-8(12)9(13)15-6-16-10/h6-7,17H,4-5H2,1-3H3,(H,14,15,16). The molecule has 4 nitrogen and oxygen atoms in total. The number of aliphatic hydroxyl groups is 1. The highest BCUT2D eigenvalue weighted by Crippen LogP contribution is 2.26. The second-order valence-corrected chi connectivity index (χ2v) is 6.28. The molecular weight excluding hydrogens is 305 g/mol. The average molecular weight is 323 g/mol. The van der Waals surface area contributed by atoms with E-state index >= 15 is 0 Å². The number of nitrogens with zero attached hydrogens (tertiary/aromatic N) is 2. The van der Waals surface area contributed by atoms with Crippen LogP contribution in [-0.4, -0.2) is 27.7 Å². The van der Waals surface area contributed by atoms with Crippen LogP contribution in [0.5, 0.6) is 0 Å². The van der Waals surface area contributed by atoms with E-state index in [9.17, 15) is 5.11 Å². The predicted molar refractivity (Wildman–Crippen MR) is 73.3 cm³/mol. The third-order valence-electron chi connectivity index (χ3n) is 2.10. The largest absolute Gasteiger partial charge is 0.391 e. The van der Waals surface area contributed by atoms with Gasteiger partial charge in [-0.15, -0.1) is 0 Å². The maximum absolute atomic E-state index is 9.85. The van der Waals surface area contributed by atoms with Gasteiger partial charge in [-0.25, -0.2) is 9.97 Å². The van der Waals surface area contributed by atoms with Gasteiger partial charge in [0.1, 0.15) is 17.3 Å². The molecule has 0 aliphatic carbocycles. The van der Waals surface area contributed by atoms with Gasteiger partial charge in [-0.3, -0.25) is 0 Å². The van der Waals surface area contributed by atoms with E-state index in [0.717, 1.165) is 6.42 Å². The molecule has 2 N–H and O–H groups in total. The average Bonchev–Trinajstić information content (AvgIpc) is 2.18. The molecule has 1 aromatic rings. The lowest BCUT2D eigenvalue weighted by Crippen LogP contribution is -2.25. The van der Waals surface area contributed by atoms with E-state index in [1.165, 1.54) is 6.33 Å². The lowest BCUT2D eigenvalue weighted by molar-refractivity contribution is 0.132. The zero-order chi connectivity index (χ0) is 13.1. The Morgan fingerprint density at radius 2 is 2.12 bits per heavy atom. The Balaban J connectivity index is 2.53. The van der Waals surface area contributed by atoms with Gasteiger partial charge in [0.25, 0.3) is 0 Å². The molecule has 1 heterocycles. The third-order valence-corrected chi connectivity index (χ3v) is 3.37. The molecule has 0 radical (unpaired) electrons. The molecule has 1 unspecified atom stereocenters. The minimum Gasteiger partial charge on any atom is -0.391 e. The highest BCUT2D eigenvalue weighted by atomic mass is 79.9. The monoisotopic (exact) mass is 321 g/mol. The second-order valence-electron chi connectivity index (χ2n) is 5.13. The first-order valence-corrected chi connectivity index (χ1v) is 6.54. The molecule has 1 rings (SSSR count). The van der Waals surface area contributed by atoms with Crippen molar-refractivity contribution < 1.29 is 5.11 Å². The second kappa shape index (κ2) is 5.98. The van der Waals surface area contributed by atoms with E-state index < -0.39 is 6.10 Å². The molecule has 0 saturated carbocycles. The summed E-state index contributed by atoms with van der Waals surface area (Å²) in [6.45, 7) is 6.71. The molecule has 1 aromatic heterocycles. The van der Waals surface area contributed by atoms with Crippen molar-refractivity contribution in [2.75, 3.05) is 11.9 Å². The third kappa shape index (κ3) is 5.19. The molecule has 0 fully saturated rings. The molecule has 1 atom stereocenters. The van der Waals surface area contributed by atoms with Crippen molar-refractivity contribution in [3.8, 4) is 0 Å². The first kappa shape index (κ1) is 14.7. The fourth-order valence-corrected chi connectivity index (χ4v) is 1.94. The van der Waals surface area contributed by atoms with Gasteiger partial charge in [-0.1, -0.05) is 32.4 Å². The normalized spacial score (nSPS) is 13.5. The molecule has 0 aliphatic rings. The molecule has 6 heteroatoms. The van der Waals surface area contributed by atoms with Crippen molar-refractivity contribution >= 4 is 33.3 Å². The van der Waals surface area contributed by atoms with Crippen LogP contribution in [0.2, 0.25) is 5.15 Å². The summed E-state index contributed by atoms with van der Waals surface area (Å²) in [5.41, 5.74) is 0.0989. The summed E-state index contributed by atoms with van der Waals surface area (Å²) in [7, 11) is 0. The topological polar surface area (TPSA) is 58.0 Å². The molecule has 0 bridgehead atoms. The van der Waals surface area contributed by atoms with E-state index in [1.807, 2.05) is 0 Å². The summed E-state index contributed by atoms with van der Waals surface area (Å²) < 4.78 is 0.615. The van der Waals surface area contributed by atoms with E-state index in [4.69, 9.17) is 11.6 Å². The molecular formula is C11H17BrClN3O. The number of rotatable bonds is 4. The number of hydrogen-bond donors (Lipinski definition) is 2.